The Bertz CT molecular complexity index is 572. The molecule has 4 heteroatoms. The molecule has 0 heterocycles. The number of halogens is 1. The molecule has 2 N–H and O–H groups in total. The van der Waals surface area contributed by atoms with Crippen molar-refractivity contribution in [3.63, 3.8) is 0 Å². The Hall–Kier alpha value is -1.52. The van der Waals surface area contributed by atoms with Gasteiger partial charge in [0.15, 0.2) is 11.5 Å². The monoisotopic (exact) mass is 335 g/mol. The van der Waals surface area contributed by atoms with Gasteiger partial charge in [-0.2, -0.15) is 0 Å². The summed E-state index contributed by atoms with van der Waals surface area (Å²) in [7, 11) is 1.55. The average molecular weight is 336 g/mol. The second-order valence-corrected chi connectivity index (χ2v) is 5.50. The van der Waals surface area contributed by atoms with Gasteiger partial charge in [0, 0.05) is 12.6 Å². The van der Waals surface area contributed by atoms with Crippen molar-refractivity contribution in [2.75, 3.05) is 7.11 Å². The maximum atomic E-state index is 9.79. The molecule has 0 aliphatic heterocycles. The number of hydrogen-bond acceptors (Lipinski definition) is 3. The fraction of sp³-hybridized carbons (Fsp3) is 0.250. The van der Waals surface area contributed by atoms with Gasteiger partial charge in [0.25, 0.3) is 0 Å². The Morgan fingerprint density at radius 2 is 1.95 bits per heavy atom. The Labute approximate surface area is 127 Å². The molecule has 2 rings (SSSR count). The Morgan fingerprint density at radius 3 is 2.60 bits per heavy atom. The quantitative estimate of drug-likeness (QED) is 0.867. The number of phenolic OH excluding ortho intramolecular Hbond substituents is 1. The van der Waals surface area contributed by atoms with E-state index in [4.69, 9.17) is 4.74 Å². The van der Waals surface area contributed by atoms with Crippen LogP contribution in [0.1, 0.15) is 24.1 Å². The SMILES string of the molecule is COc1cc(CN[C@@H](C)c2ccccc2)cc(Br)c1O. The largest absolute Gasteiger partial charge is 0.503 e. The van der Waals surface area contributed by atoms with Gasteiger partial charge in [-0.1, -0.05) is 30.3 Å². The molecule has 2 aromatic rings. The van der Waals surface area contributed by atoms with Crippen LogP contribution in [0.4, 0.5) is 0 Å². The van der Waals surface area contributed by atoms with Crippen LogP contribution in [0.2, 0.25) is 0 Å². The molecule has 0 bridgehead atoms. The van der Waals surface area contributed by atoms with Gasteiger partial charge in [-0.25, -0.2) is 0 Å². The van der Waals surface area contributed by atoms with Crippen molar-refractivity contribution >= 4 is 15.9 Å². The van der Waals surface area contributed by atoms with Crippen molar-refractivity contribution < 1.29 is 9.84 Å². The summed E-state index contributed by atoms with van der Waals surface area (Å²) >= 11 is 3.33. The molecule has 0 radical (unpaired) electrons. The van der Waals surface area contributed by atoms with E-state index < -0.39 is 0 Å². The fourth-order valence-corrected chi connectivity index (χ4v) is 2.50. The minimum Gasteiger partial charge on any atom is -0.503 e. The Morgan fingerprint density at radius 1 is 1.25 bits per heavy atom. The van der Waals surface area contributed by atoms with E-state index in [0.717, 1.165) is 5.56 Å². The second kappa shape index (κ2) is 6.77. The highest BCUT2D eigenvalue weighted by molar-refractivity contribution is 9.10. The molecule has 20 heavy (non-hydrogen) atoms. The molecule has 2 aromatic carbocycles. The van der Waals surface area contributed by atoms with E-state index in [1.54, 1.807) is 7.11 Å². The molecular formula is C16H18BrNO2. The normalized spacial score (nSPS) is 12.2. The highest BCUT2D eigenvalue weighted by atomic mass is 79.9. The number of phenols is 1. The maximum absolute atomic E-state index is 9.79. The van der Waals surface area contributed by atoms with Crippen molar-refractivity contribution in [2.45, 2.75) is 19.5 Å². The van der Waals surface area contributed by atoms with Gasteiger partial charge in [-0.15, -0.1) is 0 Å². The predicted molar refractivity (Wildman–Crippen MR) is 84.1 cm³/mol. The molecule has 0 aliphatic rings. The van der Waals surface area contributed by atoms with Crippen LogP contribution in [0, 0.1) is 0 Å². The smallest absolute Gasteiger partial charge is 0.172 e. The van der Waals surface area contributed by atoms with Gasteiger partial charge in [0.2, 0.25) is 0 Å². The van der Waals surface area contributed by atoms with Crippen molar-refractivity contribution in [1.29, 1.82) is 0 Å². The van der Waals surface area contributed by atoms with Crippen LogP contribution in [0.25, 0.3) is 0 Å². The molecule has 0 aliphatic carbocycles. The van der Waals surface area contributed by atoms with Gasteiger partial charge in [-0.05, 0) is 46.1 Å². The summed E-state index contributed by atoms with van der Waals surface area (Å²) in [6.45, 7) is 2.83. The van der Waals surface area contributed by atoms with E-state index in [2.05, 4.69) is 40.3 Å². The Balaban J connectivity index is 2.06. The standard InChI is InChI=1S/C16H18BrNO2/c1-11(13-6-4-3-5-7-13)18-10-12-8-14(17)16(19)15(9-12)20-2/h3-9,11,18-19H,10H2,1-2H3/t11-/m0/s1. The van der Waals surface area contributed by atoms with E-state index in [1.165, 1.54) is 5.56 Å². The molecular weight excluding hydrogens is 318 g/mol. The van der Waals surface area contributed by atoms with Gasteiger partial charge >= 0.3 is 0 Å². The van der Waals surface area contributed by atoms with Crippen molar-refractivity contribution in [2.24, 2.45) is 0 Å². The summed E-state index contributed by atoms with van der Waals surface area (Å²) in [5.74, 6) is 0.607. The summed E-state index contributed by atoms with van der Waals surface area (Å²) in [5.41, 5.74) is 2.30. The molecule has 0 unspecified atom stereocenters. The highest BCUT2D eigenvalue weighted by Crippen LogP contribution is 2.35. The lowest BCUT2D eigenvalue weighted by molar-refractivity contribution is 0.371. The first-order valence-electron chi connectivity index (χ1n) is 6.45. The van der Waals surface area contributed by atoms with Crippen LogP contribution in [-0.4, -0.2) is 12.2 Å². The summed E-state index contributed by atoms with van der Waals surface area (Å²) in [4.78, 5) is 0. The number of hydrogen-bond donors (Lipinski definition) is 2. The van der Waals surface area contributed by atoms with Crippen LogP contribution in [0.3, 0.4) is 0 Å². The number of benzene rings is 2. The molecule has 3 nitrogen and oxygen atoms in total. The predicted octanol–water partition coefficient (Wildman–Crippen LogP) is 4.01. The fourth-order valence-electron chi connectivity index (χ4n) is 2.02. The topological polar surface area (TPSA) is 41.5 Å². The van der Waals surface area contributed by atoms with E-state index in [1.807, 2.05) is 30.3 Å². The Kier molecular flexibility index (Phi) is 5.04. The van der Waals surface area contributed by atoms with Gasteiger partial charge in [-0.3, -0.25) is 0 Å². The van der Waals surface area contributed by atoms with Crippen LogP contribution in [0.5, 0.6) is 11.5 Å². The average Bonchev–Trinajstić information content (AvgIpc) is 2.48. The van der Waals surface area contributed by atoms with Crippen molar-refractivity contribution in [1.82, 2.24) is 5.32 Å². The summed E-state index contributed by atoms with van der Waals surface area (Å²) in [6, 6.07) is 14.3. The lowest BCUT2D eigenvalue weighted by atomic mass is 10.1. The van der Waals surface area contributed by atoms with Crippen LogP contribution in [-0.2, 0) is 6.54 Å². The first-order chi connectivity index (χ1) is 9.61. The van der Waals surface area contributed by atoms with E-state index in [9.17, 15) is 5.11 Å². The molecule has 0 saturated heterocycles. The number of ether oxygens (including phenoxy) is 1. The number of nitrogens with one attached hydrogen (secondary N) is 1. The molecule has 1 atom stereocenters. The summed E-state index contributed by atoms with van der Waals surface area (Å²) in [6.07, 6.45) is 0. The second-order valence-electron chi connectivity index (χ2n) is 4.64. The van der Waals surface area contributed by atoms with Crippen molar-refractivity contribution in [3.8, 4) is 11.5 Å². The third-order valence-electron chi connectivity index (χ3n) is 3.22. The van der Waals surface area contributed by atoms with Gasteiger partial charge < -0.3 is 15.2 Å². The minimum absolute atomic E-state index is 0.132. The molecule has 0 fully saturated rings. The van der Waals surface area contributed by atoms with Gasteiger partial charge in [0.1, 0.15) is 0 Å². The lowest BCUT2D eigenvalue weighted by Gasteiger charge is -2.15. The van der Waals surface area contributed by atoms with Crippen LogP contribution < -0.4 is 10.1 Å². The van der Waals surface area contributed by atoms with E-state index in [-0.39, 0.29) is 11.8 Å². The summed E-state index contributed by atoms with van der Waals surface area (Å²) in [5, 5.41) is 13.2. The molecule has 0 amide bonds. The third kappa shape index (κ3) is 3.52. The zero-order valence-electron chi connectivity index (χ0n) is 11.6. The first-order valence-corrected chi connectivity index (χ1v) is 7.25. The first kappa shape index (κ1) is 14.9. The molecule has 0 spiro atoms. The van der Waals surface area contributed by atoms with E-state index >= 15 is 0 Å². The van der Waals surface area contributed by atoms with Crippen LogP contribution in [0.15, 0.2) is 46.9 Å². The number of methoxy groups -OCH3 is 1. The molecule has 0 aromatic heterocycles. The number of aromatic hydroxyl groups is 1. The van der Waals surface area contributed by atoms with Crippen LogP contribution >= 0.6 is 15.9 Å². The minimum atomic E-state index is 0.132. The maximum Gasteiger partial charge on any atom is 0.172 e. The molecule has 106 valence electrons. The summed E-state index contributed by atoms with van der Waals surface area (Å²) < 4.78 is 5.79. The zero-order valence-corrected chi connectivity index (χ0v) is 13.1. The highest BCUT2D eigenvalue weighted by Gasteiger charge is 2.10. The number of rotatable bonds is 5. The van der Waals surface area contributed by atoms with Gasteiger partial charge in [0.05, 0.1) is 11.6 Å². The lowest BCUT2D eigenvalue weighted by Crippen LogP contribution is -2.18. The zero-order chi connectivity index (χ0) is 14.5. The molecule has 0 saturated carbocycles. The van der Waals surface area contributed by atoms with Crippen molar-refractivity contribution in [3.05, 3.63) is 58.1 Å². The third-order valence-corrected chi connectivity index (χ3v) is 3.82. The van der Waals surface area contributed by atoms with E-state index in [0.29, 0.717) is 16.8 Å².